The zero-order valence-corrected chi connectivity index (χ0v) is 6.90. The lowest BCUT2D eigenvalue weighted by Crippen LogP contribution is -2.37. The topological polar surface area (TPSA) is 52.9 Å². The Hall–Kier alpha value is -0.160. The van der Waals surface area contributed by atoms with Gasteiger partial charge in [0.1, 0.15) is 0 Å². The predicted molar refractivity (Wildman–Crippen MR) is 40.1 cm³/mol. The van der Waals surface area contributed by atoms with Gasteiger partial charge in [0.2, 0.25) is 0 Å². The second-order valence-corrected chi connectivity index (χ2v) is 3.02. The third kappa shape index (κ3) is 1.90. The number of methoxy groups -OCH3 is 1. The van der Waals surface area contributed by atoms with Crippen LogP contribution in [0.15, 0.2) is 0 Å². The molecular formula is C7H15NO3. The van der Waals surface area contributed by atoms with Crippen molar-refractivity contribution in [2.24, 2.45) is 0 Å². The first-order valence-corrected chi connectivity index (χ1v) is 3.74. The van der Waals surface area contributed by atoms with E-state index in [1.54, 1.807) is 0 Å². The molecule has 0 spiro atoms. The fraction of sp³-hybridized carbons (Fsp3) is 1.00. The molecule has 0 amide bonds. The van der Waals surface area contributed by atoms with Gasteiger partial charge in [0.05, 0.1) is 12.1 Å². The molecule has 4 nitrogen and oxygen atoms in total. The smallest absolute Gasteiger partial charge is 0.169 e. The molecule has 3 unspecified atom stereocenters. The van der Waals surface area contributed by atoms with E-state index in [4.69, 9.17) is 4.74 Å². The number of likely N-dealkylation sites (tertiary alicyclic amines) is 1. The molecule has 1 heterocycles. The lowest BCUT2D eigenvalue weighted by atomic mass is 10.2. The highest BCUT2D eigenvalue weighted by molar-refractivity contribution is 4.84. The molecule has 0 aromatic rings. The Balaban J connectivity index is 2.45. The van der Waals surface area contributed by atoms with Gasteiger partial charge in [-0.3, -0.25) is 4.90 Å². The molecule has 0 aliphatic carbocycles. The van der Waals surface area contributed by atoms with E-state index in [2.05, 4.69) is 0 Å². The average molecular weight is 161 g/mol. The lowest BCUT2D eigenvalue weighted by molar-refractivity contribution is -0.113. The van der Waals surface area contributed by atoms with Crippen LogP contribution in [0.3, 0.4) is 0 Å². The average Bonchev–Trinajstić information content (AvgIpc) is 2.28. The summed E-state index contributed by atoms with van der Waals surface area (Å²) in [5.74, 6) is 0. The van der Waals surface area contributed by atoms with Gasteiger partial charge in [0.25, 0.3) is 0 Å². The van der Waals surface area contributed by atoms with Gasteiger partial charge in [-0.2, -0.15) is 0 Å². The van der Waals surface area contributed by atoms with Gasteiger partial charge in [0.15, 0.2) is 6.29 Å². The number of likely N-dealkylation sites (N-methyl/N-ethyl adjacent to an activating group) is 1. The second kappa shape index (κ2) is 3.49. The number of nitrogens with zero attached hydrogens (tertiary/aromatic N) is 1. The maximum atomic E-state index is 9.27. The summed E-state index contributed by atoms with van der Waals surface area (Å²) in [5.41, 5.74) is 0. The van der Waals surface area contributed by atoms with Gasteiger partial charge >= 0.3 is 0 Å². The molecule has 2 N–H and O–H groups in total. The van der Waals surface area contributed by atoms with Gasteiger partial charge < -0.3 is 14.9 Å². The molecule has 0 bridgehead atoms. The molecule has 0 radical (unpaired) electrons. The number of aliphatic hydroxyl groups excluding tert-OH is 2. The van der Waals surface area contributed by atoms with E-state index in [-0.39, 0.29) is 12.1 Å². The third-order valence-electron chi connectivity index (χ3n) is 2.15. The number of hydrogen-bond donors (Lipinski definition) is 2. The van der Waals surface area contributed by atoms with Crippen LogP contribution in [0.4, 0.5) is 0 Å². The monoisotopic (exact) mass is 161 g/mol. The highest BCUT2D eigenvalue weighted by Crippen LogP contribution is 2.18. The summed E-state index contributed by atoms with van der Waals surface area (Å²) in [4.78, 5) is 1.90. The quantitative estimate of drug-likeness (QED) is 0.511. The van der Waals surface area contributed by atoms with E-state index >= 15 is 0 Å². The molecule has 1 aliphatic rings. The van der Waals surface area contributed by atoms with Crippen molar-refractivity contribution < 1.29 is 14.9 Å². The van der Waals surface area contributed by atoms with Crippen molar-refractivity contribution in [2.45, 2.75) is 24.9 Å². The summed E-state index contributed by atoms with van der Waals surface area (Å²) in [5, 5.41) is 18.5. The molecule has 66 valence electrons. The van der Waals surface area contributed by atoms with E-state index in [0.29, 0.717) is 13.0 Å². The number of β-amino-alcohol motifs (C(OH)–C–C–N with tert-alkyl or cyclic N) is 1. The molecular weight excluding hydrogens is 146 g/mol. The summed E-state index contributed by atoms with van der Waals surface area (Å²) in [6, 6.07) is -0.0602. The molecule has 0 aromatic carbocycles. The highest BCUT2D eigenvalue weighted by Gasteiger charge is 2.33. The fourth-order valence-corrected chi connectivity index (χ4v) is 1.49. The highest BCUT2D eigenvalue weighted by atomic mass is 16.6. The van der Waals surface area contributed by atoms with Crippen LogP contribution in [-0.2, 0) is 4.74 Å². The van der Waals surface area contributed by atoms with Crippen LogP contribution in [0.1, 0.15) is 6.42 Å². The van der Waals surface area contributed by atoms with E-state index in [1.807, 2.05) is 11.9 Å². The molecule has 11 heavy (non-hydrogen) atoms. The Labute approximate surface area is 66.4 Å². The van der Waals surface area contributed by atoms with Crippen molar-refractivity contribution in [3.8, 4) is 0 Å². The first kappa shape index (κ1) is 8.93. The van der Waals surface area contributed by atoms with Crippen molar-refractivity contribution in [1.29, 1.82) is 0 Å². The molecule has 1 saturated heterocycles. The van der Waals surface area contributed by atoms with Crippen molar-refractivity contribution in [2.75, 3.05) is 20.7 Å². The summed E-state index contributed by atoms with van der Waals surface area (Å²) in [6.45, 7) is 0.616. The van der Waals surface area contributed by atoms with E-state index in [1.165, 1.54) is 7.11 Å². The third-order valence-corrected chi connectivity index (χ3v) is 2.15. The van der Waals surface area contributed by atoms with Crippen LogP contribution in [0.2, 0.25) is 0 Å². The van der Waals surface area contributed by atoms with Gasteiger partial charge in [-0.1, -0.05) is 0 Å². The van der Waals surface area contributed by atoms with Crippen molar-refractivity contribution in [3.05, 3.63) is 0 Å². The van der Waals surface area contributed by atoms with Crippen LogP contribution < -0.4 is 0 Å². The first-order chi connectivity index (χ1) is 5.15. The van der Waals surface area contributed by atoms with Gasteiger partial charge in [0, 0.05) is 13.7 Å². The van der Waals surface area contributed by atoms with Crippen LogP contribution >= 0.6 is 0 Å². The van der Waals surface area contributed by atoms with E-state index < -0.39 is 6.29 Å². The Morgan fingerprint density at radius 3 is 2.64 bits per heavy atom. The van der Waals surface area contributed by atoms with Gasteiger partial charge in [-0.05, 0) is 13.5 Å². The molecule has 3 atom stereocenters. The summed E-state index contributed by atoms with van der Waals surface area (Å²) in [6.07, 6.45) is -0.516. The predicted octanol–water partition coefficient (Wildman–Crippen LogP) is -0.984. The largest absolute Gasteiger partial charge is 0.392 e. The van der Waals surface area contributed by atoms with Crippen LogP contribution in [0.5, 0.6) is 0 Å². The molecule has 0 aromatic heterocycles. The van der Waals surface area contributed by atoms with Crippen LogP contribution in [0, 0.1) is 0 Å². The summed E-state index contributed by atoms with van der Waals surface area (Å²) < 4.78 is 4.76. The maximum absolute atomic E-state index is 9.27. The normalized spacial score (nSPS) is 36.0. The Kier molecular flexibility index (Phi) is 2.84. The van der Waals surface area contributed by atoms with Gasteiger partial charge in [-0.15, -0.1) is 0 Å². The first-order valence-electron chi connectivity index (χ1n) is 3.74. The molecule has 4 heteroatoms. The van der Waals surface area contributed by atoms with Crippen molar-refractivity contribution >= 4 is 0 Å². The Morgan fingerprint density at radius 2 is 2.27 bits per heavy atom. The fourth-order valence-electron chi connectivity index (χ4n) is 1.49. The van der Waals surface area contributed by atoms with E-state index in [9.17, 15) is 10.2 Å². The minimum Gasteiger partial charge on any atom is -0.392 e. The van der Waals surface area contributed by atoms with Crippen molar-refractivity contribution in [1.82, 2.24) is 4.90 Å². The number of ether oxygens (including phenoxy) is 1. The molecule has 1 fully saturated rings. The van der Waals surface area contributed by atoms with E-state index in [0.717, 1.165) is 0 Å². The molecule has 1 rings (SSSR count). The zero-order chi connectivity index (χ0) is 8.43. The Bertz CT molecular complexity index is 127. The number of hydrogen-bond acceptors (Lipinski definition) is 4. The van der Waals surface area contributed by atoms with Crippen LogP contribution in [-0.4, -0.2) is 54.3 Å². The lowest BCUT2D eigenvalue weighted by Gasteiger charge is -2.22. The Morgan fingerprint density at radius 1 is 1.64 bits per heavy atom. The van der Waals surface area contributed by atoms with Crippen LogP contribution in [0.25, 0.3) is 0 Å². The second-order valence-electron chi connectivity index (χ2n) is 3.02. The maximum Gasteiger partial charge on any atom is 0.169 e. The zero-order valence-electron chi connectivity index (χ0n) is 6.90. The molecule has 0 saturated carbocycles. The molecule has 1 aliphatic heterocycles. The number of aliphatic hydroxyl groups is 2. The van der Waals surface area contributed by atoms with Gasteiger partial charge in [-0.25, -0.2) is 0 Å². The standard InChI is InChI=1S/C7H15NO3/c1-8-4-5(9)3-6(8)7(10)11-2/h5-7,9-10H,3-4H2,1-2H3. The SMILES string of the molecule is COC(O)C1CC(O)CN1C. The minimum atomic E-state index is -0.780. The van der Waals surface area contributed by atoms with Crippen molar-refractivity contribution in [3.63, 3.8) is 0 Å². The minimum absolute atomic E-state index is 0.0602. The summed E-state index contributed by atoms with van der Waals surface area (Å²) >= 11 is 0. The number of rotatable bonds is 2. The summed E-state index contributed by atoms with van der Waals surface area (Å²) in [7, 11) is 3.33.